The maximum atomic E-state index is 13.5. The summed E-state index contributed by atoms with van der Waals surface area (Å²) in [6, 6.07) is 12.5. The molecule has 2 rings (SSSR count). The molecule has 1 amide bonds. The normalized spacial score (nSPS) is 12.8. The Morgan fingerprint density at radius 3 is 2.56 bits per heavy atom. The van der Waals surface area contributed by atoms with E-state index in [1.165, 1.54) is 18.2 Å². The van der Waals surface area contributed by atoms with Gasteiger partial charge in [0.05, 0.1) is 12.3 Å². The highest BCUT2D eigenvalue weighted by molar-refractivity contribution is 7.92. The smallest absolute Gasteiger partial charge is 0.244 e. The van der Waals surface area contributed by atoms with Gasteiger partial charge in [-0.15, -0.1) is 0 Å². The number of hydrogen-bond donors (Lipinski definition) is 2. The molecular weight excluding hydrogens is 343 g/mol. The van der Waals surface area contributed by atoms with Gasteiger partial charge >= 0.3 is 0 Å². The molecule has 5 nitrogen and oxygen atoms in total. The molecule has 0 spiro atoms. The summed E-state index contributed by atoms with van der Waals surface area (Å²) in [7, 11) is -3.37. The van der Waals surface area contributed by atoms with E-state index >= 15 is 0 Å². The number of nitrogens with one attached hydrogen (secondary N) is 2. The highest BCUT2D eigenvalue weighted by Gasteiger charge is 2.10. The average molecular weight is 362 g/mol. The van der Waals surface area contributed by atoms with Crippen molar-refractivity contribution in [2.75, 3.05) is 11.0 Å². The molecule has 1 atom stereocenters. The molecule has 132 valence electrons. The van der Waals surface area contributed by atoms with Gasteiger partial charge in [-0.2, -0.15) is 0 Å². The van der Waals surface area contributed by atoms with Gasteiger partial charge in [0.15, 0.2) is 0 Å². The molecule has 25 heavy (non-hydrogen) atoms. The molecule has 0 radical (unpaired) electrons. The van der Waals surface area contributed by atoms with Crippen molar-refractivity contribution in [1.82, 2.24) is 5.32 Å². The fourth-order valence-electron chi connectivity index (χ4n) is 2.21. The Balaban J connectivity index is 2.04. The standard InChI is InChI=1S/C18H19FN2O3S/c1-13(15-7-5-8-16(12-15)21-25(2,23)24)20-18(22)11-10-14-6-3-4-9-17(14)19/h3-13,21H,1-2H3,(H,20,22). The molecule has 0 aliphatic heterocycles. The third-order valence-corrected chi connectivity index (χ3v) is 3.97. The summed E-state index contributed by atoms with van der Waals surface area (Å²) in [6.07, 6.45) is 3.73. The van der Waals surface area contributed by atoms with E-state index in [0.717, 1.165) is 11.8 Å². The predicted molar refractivity (Wildman–Crippen MR) is 96.9 cm³/mol. The van der Waals surface area contributed by atoms with Crippen molar-refractivity contribution >= 4 is 27.7 Å². The van der Waals surface area contributed by atoms with Gasteiger partial charge in [-0.3, -0.25) is 9.52 Å². The van der Waals surface area contributed by atoms with Crippen molar-refractivity contribution in [3.63, 3.8) is 0 Å². The number of benzene rings is 2. The van der Waals surface area contributed by atoms with Crippen molar-refractivity contribution in [2.45, 2.75) is 13.0 Å². The molecule has 0 aliphatic rings. The first kappa shape index (κ1) is 18.7. The predicted octanol–water partition coefficient (Wildman–Crippen LogP) is 3.09. The van der Waals surface area contributed by atoms with Crippen molar-refractivity contribution in [1.29, 1.82) is 0 Å². The summed E-state index contributed by atoms with van der Waals surface area (Å²) in [5.41, 5.74) is 1.48. The van der Waals surface area contributed by atoms with Crippen LogP contribution in [0, 0.1) is 5.82 Å². The zero-order valence-corrected chi connectivity index (χ0v) is 14.7. The number of amides is 1. The fourth-order valence-corrected chi connectivity index (χ4v) is 2.76. The largest absolute Gasteiger partial charge is 0.346 e. The van der Waals surface area contributed by atoms with E-state index in [1.54, 1.807) is 49.4 Å². The number of hydrogen-bond acceptors (Lipinski definition) is 3. The van der Waals surface area contributed by atoms with E-state index in [2.05, 4.69) is 10.0 Å². The minimum Gasteiger partial charge on any atom is -0.346 e. The Morgan fingerprint density at radius 1 is 1.16 bits per heavy atom. The molecular formula is C18H19FN2O3S. The van der Waals surface area contributed by atoms with E-state index in [0.29, 0.717) is 11.3 Å². The molecule has 0 saturated heterocycles. The Kier molecular flexibility index (Phi) is 5.93. The zero-order valence-electron chi connectivity index (χ0n) is 13.9. The van der Waals surface area contributed by atoms with Crippen LogP contribution < -0.4 is 10.0 Å². The highest BCUT2D eigenvalue weighted by atomic mass is 32.2. The SMILES string of the molecule is CC(NC(=O)C=Cc1ccccc1F)c1cccc(NS(C)(=O)=O)c1. The van der Waals surface area contributed by atoms with Crippen LogP contribution in [0.2, 0.25) is 0 Å². The van der Waals surface area contributed by atoms with Crippen LogP contribution in [-0.2, 0) is 14.8 Å². The number of carbonyl (C=O) groups is 1. The van der Waals surface area contributed by atoms with Crippen LogP contribution in [0.1, 0.15) is 24.1 Å². The maximum absolute atomic E-state index is 13.5. The Hall–Kier alpha value is -2.67. The van der Waals surface area contributed by atoms with Gasteiger partial charge in [-0.25, -0.2) is 12.8 Å². The van der Waals surface area contributed by atoms with Crippen molar-refractivity contribution in [3.8, 4) is 0 Å². The molecule has 0 heterocycles. The van der Waals surface area contributed by atoms with Crippen LogP contribution in [0.15, 0.2) is 54.6 Å². The Labute approximate surface area is 146 Å². The molecule has 7 heteroatoms. The zero-order chi connectivity index (χ0) is 18.4. The molecule has 1 unspecified atom stereocenters. The summed E-state index contributed by atoms with van der Waals surface area (Å²) in [4.78, 5) is 12.0. The summed E-state index contributed by atoms with van der Waals surface area (Å²) < 4.78 is 38.5. The van der Waals surface area contributed by atoms with Crippen LogP contribution in [0.5, 0.6) is 0 Å². The Morgan fingerprint density at radius 2 is 1.88 bits per heavy atom. The molecule has 2 aromatic rings. The summed E-state index contributed by atoms with van der Waals surface area (Å²) in [5.74, 6) is -0.781. The minimum atomic E-state index is -3.37. The van der Waals surface area contributed by atoms with E-state index in [-0.39, 0.29) is 11.9 Å². The first-order chi connectivity index (χ1) is 11.7. The maximum Gasteiger partial charge on any atom is 0.244 e. The molecule has 0 aromatic heterocycles. The van der Waals surface area contributed by atoms with Crippen LogP contribution in [0.3, 0.4) is 0 Å². The first-order valence-electron chi connectivity index (χ1n) is 7.55. The molecule has 0 fully saturated rings. The van der Waals surface area contributed by atoms with Crippen LogP contribution in [0.4, 0.5) is 10.1 Å². The van der Waals surface area contributed by atoms with Crippen molar-refractivity contribution in [2.24, 2.45) is 0 Å². The van der Waals surface area contributed by atoms with Crippen molar-refractivity contribution in [3.05, 3.63) is 71.6 Å². The van der Waals surface area contributed by atoms with Gasteiger partial charge in [0.25, 0.3) is 0 Å². The summed E-state index contributed by atoms with van der Waals surface area (Å²) >= 11 is 0. The van der Waals surface area contributed by atoms with Crippen LogP contribution >= 0.6 is 0 Å². The van der Waals surface area contributed by atoms with E-state index in [9.17, 15) is 17.6 Å². The lowest BCUT2D eigenvalue weighted by Gasteiger charge is -2.14. The second-order valence-electron chi connectivity index (χ2n) is 5.58. The molecule has 0 saturated carbocycles. The number of rotatable bonds is 6. The molecule has 2 N–H and O–H groups in total. The molecule has 0 aliphatic carbocycles. The molecule has 0 bridgehead atoms. The summed E-state index contributed by atoms with van der Waals surface area (Å²) in [6.45, 7) is 1.77. The van der Waals surface area contributed by atoms with Gasteiger partial charge in [0.1, 0.15) is 5.82 Å². The fraction of sp³-hybridized carbons (Fsp3) is 0.167. The van der Waals surface area contributed by atoms with Crippen LogP contribution in [-0.4, -0.2) is 20.6 Å². The van der Waals surface area contributed by atoms with Gasteiger partial charge in [-0.05, 0) is 36.8 Å². The lowest BCUT2D eigenvalue weighted by Crippen LogP contribution is -2.24. The van der Waals surface area contributed by atoms with Gasteiger partial charge < -0.3 is 5.32 Å². The second kappa shape index (κ2) is 7.94. The van der Waals surface area contributed by atoms with Crippen LogP contribution in [0.25, 0.3) is 6.08 Å². The van der Waals surface area contributed by atoms with Gasteiger partial charge in [0.2, 0.25) is 15.9 Å². The first-order valence-corrected chi connectivity index (χ1v) is 9.44. The van der Waals surface area contributed by atoms with E-state index in [4.69, 9.17) is 0 Å². The monoisotopic (exact) mass is 362 g/mol. The topological polar surface area (TPSA) is 75.3 Å². The number of sulfonamides is 1. The van der Waals surface area contributed by atoms with Gasteiger partial charge in [-0.1, -0.05) is 30.3 Å². The number of halogens is 1. The van der Waals surface area contributed by atoms with E-state index in [1.807, 2.05) is 0 Å². The summed E-state index contributed by atoms with van der Waals surface area (Å²) in [5, 5.41) is 2.75. The molecule has 2 aromatic carbocycles. The third-order valence-electron chi connectivity index (χ3n) is 3.37. The third kappa shape index (κ3) is 6.04. The second-order valence-corrected chi connectivity index (χ2v) is 7.33. The average Bonchev–Trinajstić information content (AvgIpc) is 2.52. The lowest BCUT2D eigenvalue weighted by atomic mass is 10.1. The van der Waals surface area contributed by atoms with Crippen molar-refractivity contribution < 1.29 is 17.6 Å². The quantitative estimate of drug-likeness (QED) is 0.776. The number of anilines is 1. The Bertz CT molecular complexity index is 895. The lowest BCUT2D eigenvalue weighted by molar-refractivity contribution is -0.117. The highest BCUT2D eigenvalue weighted by Crippen LogP contribution is 2.18. The number of carbonyl (C=O) groups excluding carboxylic acids is 1. The minimum absolute atomic E-state index is 0.324. The van der Waals surface area contributed by atoms with E-state index < -0.39 is 15.8 Å². The van der Waals surface area contributed by atoms with Gasteiger partial charge in [0, 0.05) is 17.3 Å².